The maximum Gasteiger partial charge on any atom is 0.246 e. The van der Waals surface area contributed by atoms with Gasteiger partial charge < -0.3 is 20.1 Å². The fourth-order valence-corrected chi connectivity index (χ4v) is 6.16. The summed E-state index contributed by atoms with van der Waals surface area (Å²) in [6.07, 6.45) is 2.91. The molecule has 4 rings (SSSR count). The third-order valence-corrected chi connectivity index (χ3v) is 8.31. The van der Waals surface area contributed by atoms with E-state index in [-0.39, 0.29) is 23.1 Å². The van der Waals surface area contributed by atoms with Crippen LogP contribution in [0.4, 0.5) is 5.69 Å². The van der Waals surface area contributed by atoms with Crippen LogP contribution >= 0.6 is 11.6 Å². The van der Waals surface area contributed by atoms with Crippen molar-refractivity contribution in [1.29, 1.82) is 0 Å². The zero-order chi connectivity index (χ0) is 25.7. The maximum atomic E-state index is 13.4. The van der Waals surface area contributed by atoms with Gasteiger partial charge in [-0.2, -0.15) is 4.31 Å². The molecule has 9 nitrogen and oxygen atoms in total. The first-order chi connectivity index (χ1) is 17.3. The summed E-state index contributed by atoms with van der Waals surface area (Å²) in [7, 11) is -0.973. The number of rotatable bonds is 9. The average molecular weight is 533 g/mol. The second-order valence-electron chi connectivity index (χ2n) is 8.46. The molecule has 2 N–H and O–H groups in total. The maximum absolute atomic E-state index is 13.4. The van der Waals surface area contributed by atoms with Crippen LogP contribution in [0.25, 0.3) is 10.9 Å². The smallest absolute Gasteiger partial charge is 0.246 e. The molecule has 36 heavy (non-hydrogen) atoms. The summed E-state index contributed by atoms with van der Waals surface area (Å²) in [5.41, 5.74) is 1.68. The number of carbonyl (C=O) groups excluding carboxylic acids is 1. The van der Waals surface area contributed by atoms with Crippen molar-refractivity contribution in [2.75, 3.05) is 45.7 Å². The molecule has 1 aliphatic rings. The van der Waals surface area contributed by atoms with Crippen molar-refractivity contribution in [2.24, 2.45) is 5.92 Å². The van der Waals surface area contributed by atoms with E-state index in [2.05, 4.69) is 15.6 Å². The van der Waals surface area contributed by atoms with E-state index in [1.165, 1.54) is 24.6 Å². The standard InChI is InChI=1S/C25H29ClN4O5S/c1-34-19-6-8-23(35-2)24(15-19)36(32,33)30-13-3-4-17(16-30)25(31)29-12-11-28-21-9-10-27-22-14-18(26)5-7-20(21)22/h5-10,14-15,17H,3-4,11-13,16H2,1-2H3,(H,27,28)(H,29,31)/t17-/m1/s1. The lowest BCUT2D eigenvalue weighted by atomic mass is 9.99. The van der Waals surface area contributed by atoms with Crippen molar-refractivity contribution in [2.45, 2.75) is 17.7 Å². The Kier molecular flexibility index (Phi) is 8.17. The van der Waals surface area contributed by atoms with Gasteiger partial charge >= 0.3 is 0 Å². The Morgan fingerprint density at radius 3 is 2.75 bits per heavy atom. The minimum absolute atomic E-state index is 0.0282. The number of benzene rings is 2. The lowest BCUT2D eigenvalue weighted by molar-refractivity contribution is -0.125. The van der Waals surface area contributed by atoms with Gasteiger partial charge in [-0.05, 0) is 49.2 Å². The number of ether oxygens (including phenoxy) is 2. The van der Waals surface area contributed by atoms with Gasteiger partial charge in [-0.25, -0.2) is 8.42 Å². The predicted molar refractivity (Wildman–Crippen MR) is 139 cm³/mol. The summed E-state index contributed by atoms with van der Waals surface area (Å²) in [4.78, 5) is 17.2. The molecule has 3 aromatic rings. The zero-order valence-corrected chi connectivity index (χ0v) is 21.7. The Labute approximate surface area is 215 Å². The van der Waals surface area contributed by atoms with E-state index in [0.717, 1.165) is 16.6 Å². The number of halogens is 1. The van der Waals surface area contributed by atoms with Gasteiger partial charge in [0.05, 0.1) is 25.7 Å². The number of hydrogen-bond donors (Lipinski definition) is 2. The topological polar surface area (TPSA) is 110 Å². The molecule has 1 aromatic heterocycles. The molecule has 11 heteroatoms. The van der Waals surface area contributed by atoms with Gasteiger partial charge in [0.2, 0.25) is 15.9 Å². The van der Waals surface area contributed by atoms with Gasteiger partial charge in [0.25, 0.3) is 0 Å². The van der Waals surface area contributed by atoms with Crippen molar-refractivity contribution in [3.05, 3.63) is 53.7 Å². The molecule has 192 valence electrons. The van der Waals surface area contributed by atoms with Crippen LogP contribution in [0.2, 0.25) is 5.02 Å². The van der Waals surface area contributed by atoms with Crippen LogP contribution in [0.1, 0.15) is 12.8 Å². The molecule has 0 bridgehead atoms. The molecule has 0 spiro atoms. The fourth-order valence-electron chi connectivity index (χ4n) is 4.30. The number of aromatic nitrogens is 1. The third-order valence-electron chi connectivity index (χ3n) is 6.19. The highest BCUT2D eigenvalue weighted by Crippen LogP contribution is 2.32. The van der Waals surface area contributed by atoms with E-state index in [4.69, 9.17) is 21.1 Å². The summed E-state index contributed by atoms with van der Waals surface area (Å²) in [6, 6.07) is 12.0. The average Bonchev–Trinajstić information content (AvgIpc) is 2.90. The second kappa shape index (κ2) is 11.3. The third kappa shape index (κ3) is 5.66. The van der Waals surface area contributed by atoms with Crippen molar-refractivity contribution in [3.8, 4) is 11.5 Å². The lowest BCUT2D eigenvalue weighted by Crippen LogP contribution is -2.46. The van der Waals surface area contributed by atoms with Crippen LogP contribution in [-0.4, -0.2) is 64.0 Å². The highest BCUT2D eigenvalue weighted by Gasteiger charge is 2.35. The number of sulfonamides is 1. The molecule has 1 amide bonds. The number of nitrogens with zero attached hydrogens (tertiary/aromatic N) is 2. The van der Waals surface area contributed by atoms with E-state index in [9.17, 15) is 13.2 Å². The molecule has 0 unspecified atom stereocenters. The summed E-state index contributed by atoms with van der Waals surface area (Å²) >= 11 is 6.05. The predicted octanol–water partition coefficient (Wildman–Crippen LogP) is 3.53. The van der Waals surface area contributed by atoms with E-state index < -0.39 is 15.9 Å². The fraction of sp³-hybridized carbons (Fsp3) is 0.360. The quantitative estimate of drug-likeness (QED) is 0.406. The molecule has 2 heterocycles. The summed E-state index contributed by atoms with van der Waals surface area (Å²) in [6.45, 7) is 1.34. The molecular formula is C25H29ClN4O5S. The normalized spacial score (nSPS) is 16.5. The van der Waals surface area contributed by atoms with Crippen LogP contribution in [0.15, 0.2) is 53.6 Å². The first-order valence-corrected chi connectivity index (χ1v) is 13.4. The van der Waals surface area contributed by atoms with Gasteiger partial charge in [0.15, 0.2) is 0 Å². The van der Waals surface area contributed by atoms with E-state index in [1.807, 2.05) is 18.2 Å². The van der Waals surface area contributed by atoms with Gasteiger partial charge in [0, 0.05) is 54.5 Å². The zero-order valence-electron chi connectivity index (χ0n) is 20.2. The largest absolute Gasteiger partial charge is 0.497 e. The van der Waals surface area contributed by atoms with Crippen molar-refractivity contribution in [1.82, 2.24) is 14.6 Å². The molecule has 1 saturated heterocycles. The molecule has 1 aliphatic heterocycles. The number of carbonyl (C=O) groups is 1. The molecule has 2 aromatic carbocycles. The van der Waals surface area contributed by atoms with Crippen molar-refractivity contribution < 1.29 is 22.7 Å². The Bertz CT molecular complexity index is 1350. The summed E-state index contributed by atoms with van der Waals surface area (Å²) in [5, 5.41) is 7.80. The first kappa shape index (κ1) is 26.0. The monoisotopic (exact) mass is 532 g/mol. The van der Waals surface area contributed by atoms with Crippen LogP contribution in [0.5, 0.6) is 11.5 Å². The highest BCUT2D eigenvalue weighted by atomic mass is 35.5. The molecule has 0 saturated carbocycles. The summed E-state index contributed by atoms with van der Waals surface area (Å²) < 4.78 is 38.6. The Balaban J connectivity index is 1.36. The van der Waals surface area contributed by atoms with Crippen molar-refractivity contribution >= 4 is 44.1 Å². The molecule has 0 radical (unpaired) electrons. The number of hydrogen-bond acceptors (Lipinski definition) is 7. The molecular weight excluding hydrogens is 504 g/mol. The van der Waals surface area contributed by atoms with Crippen LogP contribution in [0, 0.1) is 5.92 Å². The summed E-state index contributed by atoms with van der Waals surface area (Å²) in [5.74, 6) is 0.0484. The molecule has 1 atom stereocenters. The van der Waals surface area contributed by atoms with Crippen LogP contribution in [0.3, 0.4) is 0 Å². The van der Waals surface area contributed by atoms with E-state index in [1.54, 1.807) is 24.4 Å². The molecule has 1 fully saturated rings. The van der Waals surface area contributed by atoms with Crippen molar-refractivity contribution in [3.63, 3.8) is 0 Å². The number of anilines is 1. The minimum atomic E-state index is -3.87. The number of pyridine rings is 1. The van der Waals surface area contributed by atoms with E-state index >= 15 is 0 Å². The van der Waals surface area contributed by atoms with E-state index in [0.29, 0.717) is 43.2 Å². The number of amides is 1. The Hall–Kier alpha value is -3.08. The number of piperidine rings is 1. The Morgan fingerprint density at radius 1 is 1.14 bits per heavy atom. The molecule has 0 aliphatic carbocycles. The lowest BCUT2D eigenvalue weighted by Gasteiger charge is -2.31. The van der Waals surface area contributed by atoms with Crippen LogP contribution in [-0.2, 0) is 14.8 Å². The minimum Gasteiger partial charge on any atom is -0.497 e. The second-order valence-corrected chi connectivity index (χ2v) is 10.8. The SMILES string of the molecule is COc1ccc(OC)c(S(=O)(=O)N2CCC[C@@H](C(=O)NCCNc3ccnc4cc(Cl)ccc34)C2)c1. The first-order valence-electron chi connectivity index (χ1n) is 11.6. The number of methoxy groups -OCH3 is 2. The highest BCUT2D eigenvalue weighted by molar-refractivity contribution is 7.89. The number of fused-ring (bicyclic) bond motifs is 1. The Morgan fingerprint density at radius 2 is 1.97 bits per heavy atom. The number of nitrogens with one attached hydrogen (secondary N) is 2. The van der Waals surface area contributed by atoms with Gasteiger partial charge in [-0.1, -0.05) is 11.6 Å². The van der Waals surface area contributed by atoms with Gasteiger partial charge in [0.1, 0.15) is 16.4 Å². The van der Waals surface area contributed by atoms with Crippen LogP contribution < -0.4 is 20.1 Å². The van der Waals surface area contributed by atoms with Gasteiger partial charge in [-0.15, -0.1) is 0 Å². The van der Waals surface area contributed by atoms with Gasteiger partial charge in [-0.3, -0.25) is 9.78 Å².